The van der Waals surface area contributed by atoms with Crippen LogP contribution in [0.3, 0.4) is 0 Å². The molecule has 1 atom stereocenters. The van der Waals surface area contributed by atoms with Gasteiger partial charge in [-0.25, -0.2) is 0 Å². The Balaban J connectivity index is 2.53. The molecular formula is C11H26N4. The number of nitrogens with zero attached hydrogens (tertiary/aromatic N) is 2. The summed E-state index contributed by atoms with van der Waals surface area (Å²) < 4.78 is 0. The first-order chi connectivity index (χ1) is 7.33. The lowest BCUT2D eigenvalue weighted by Gasteiger charge is -2.41. The number of nitrogens with one attached hydrogen (secondary N) is 1. The second-order valence-corrected chi connectivity index (χ2v) is 4.07. The van der Waals surface area contributed by atoms with Crippen LogP contribution in [-0.4, -0.2) is 61.8 Å². The van der Waals surface area contributed by atoms with E-state index in [9.17, 15) is 0 Å². The van der Waals surface area contributed by atoms with E-state index < -0.39 is 0 Å². The van der Waals surface area contributed by atoms with Crippen molar-refractivity contribution in [3.8, 4) is 0 Å². The molecule has 1 heterocycles. The lowest BCUT2D eigenvalue weighted by Crippen LogP contribution is -2.55. The van der Waals surface area contributed by atoms with Gasteiger partial charge in [-0.05, 0) is 26.1 Å². The van der Waals surface area contributed by atoms with E-state index in [-0.39, 0.29) is 0 Å². The van der Waals surface area contributed by atoms with Crippen LogP contribution in [0.15, 0.2) is 0 Å². The Hall–Kier alpha value is -0.160. The van der Waals surface area contributed by atoms with Gasteiger partial charge in [-0.3, -0.25) is 9.80 Å². The Kier molecular flexibility index (Phi) is 6.17. The lowest BCUT2D eigenvalue weighted by molar-refractivity contribution is 0.0358. The summed E-state index contributed by atoms with van der Waals surface area (Å²) >= 11 is 0. The molecule has 0 saturated carbocycles. The zero-order valence-corrected chi connectivity index (χ0v) is 10.2. The van der Waals surface area contributed by atoms with E-state index in [1.165, 1.54) is 0 Å². The Bertz CT molecular complexity index is 153. The van der Waals surface area contributed by atoms with Crippen LogP contribution in [-0.2, 0) is 0 Å². The normalized spacial score (nSPS) is 20.8. The number of hydrogen-bond acceptors (Lipinski definition) is 4. The van der Waals surface area contributed by atoms with Crippen LogP contribution in [0.4, 0.5) is 0 Å². The molecule has 0 aromatic heterocycles. The first-order valence-electron chi connectivity index (χ1n) is 6.22. The van der Waals surface area contributed by atoms with Gasteiger partial charge in [-0.15, -0.1) is 0 Å². The maximum absolute atomic E-state index is 5.71. The average Bonchev–Trinajstić information content (AvgIpc) is 2.30. The van der Waals surface area contributed by atoms with Gasteiger partial charge in [0, 0.05) is 26.2 Å². The van der Waals surface area contributed by atoms with Crippen molar-refractivity contribution >= 4 is 0 Å². The fourth-order valence-electron chi connectivity index (χ4n) is 2.37. The largest absolute Gasteiger partial charge is 0.330 e. The van der Waals surface area contributed by atoms with Crippen molar-refractivity contribution in [3.05, 3.63) is 0 Å². The summed E-state index contributed by atoms with van der Waals surface area (Å²) in [6, 6.07) is 0. The predicted octanol–water partition coefficient (Wildman–Crippen LogP) is -0.0917. The van der Waals surface area contributed by atoms with Gasteiger partial charge in [0.1, 0.15) is 0 Å². The Morgan fingerprint density at radius 1 is 1.27 bits per heavy atom. The van der Waals surface area contributed by atoms with E-state index in [2.05, 4.69) is 29.0 Å². The third-order valence-electron chi connectivity index (χ3n) is 3.23. The zero-order valence-electron chi connectivity index (χ0n) is 10.2. The molecule has 1 aliphatic rings. The molecule has 0 amide bonds. The highest BCUT2D eigenvalue weighted by molar-refractivity contribution is 4.77. The highest BCUT2D eigenvalue weighted by atomic mass is 15.4. The SMILES string of the molecule is CCN(CC)C(CCN)N1CCNCC1. The minimum absolute atomic E-state index is 0.548. The number of hydrogen-bond donors (Lipinski definition) is 2. The molecule has 0 aromatic rings. The topological polar surface area (TPSA) is 44.5 Å². The summed E-state index contributed by atoms with van der Waals surface area (Å²) in [5.41, 5.74) is 5.71. The van der Waals surface area contributed by atoms with Crippen molar-refractivity contribution in [1.29, 1.82) is 0 Å². The molecule has 3 N–H and O–H groups in total. The van der Waals surface area contributed by atoms with Crippen LogP contribution >= 0.6 is 0 Å². The second-order valence-electron chi connectivity index (χ2n) is 4.07. The zero-order chi connectivity index (χ0) is 11.1. The molecule has 1 fully saturated rings. The monoisotopic (exact) mass is 214 g/mol. The molecule has 0 spiro atoms. The molecule has 1 unspecified atom stereocenters. The molecule has 1 rings (SSSR count). The number of piperazine rings is 1. The van der Waals surface area contributed by atoms with Crippen molar-refractivity contribution in [1.82, 2.24) is 15.1 Å². The van der Waals surface area contributed by atoms with Gasteiger partial charge in [0.05, 0.1) is 6.17 Å². The van der Waals surface area contributed by atoms with Crippen molar-refractivity contribution in [2.75, 3.05) is 45.8 Å². The highest BCUT2D eigenvalue weighted by Gasteiger charge is 2.23. The van der Waals surface area contributed by atoms with Gasteiger partial charge in [0.25, 0.3) is 0 Å². The van der Waals surface area contributed by atoms with Crippen LogP contribution in [0.25, 0.3) is 0 Å². The van der Waals surface area contributed by atoms with E-state index in [4.69, 9.17) is 5.73 Å². The fourth-order valence-corrected chi connectivity index (χ4v) is 2.37. The second kappa shape index (κ2) is 7.17. The molecular weight excluding hydrogens is 188 g/mol. The minimum atomic E-state index is 0.548. The standard InChI is InChI=1S/C11H26N4/c1-3-14(4-2)11(5-6-12)15-9-7-13-8-10-15/h11,13H,3-10,12H2,1-2H3. The van der Waals surface area contributed by atoms with Gasteiger partial charge in [0.15, 0.2) is 0 Å². The van der Waals surface area contributed by atoms with Gasteiger partial charge < -0.3 is 11.1 Å². The first-order valence-corrected chi connectivity index (χ1v) is 6.22. The molecule has 4 nitrogen and oxygen atoms in total. The van der Waals surface area contributed by atoms with Crippen molar-refractivity contribution in [2.24, 2.45) is 5.73 Å². The Morgan fingerprint density at radius 2 is 1.87 bits per heavy atom. The lowest BCUT2D eigenvalue weighted by atomic mass is 10.2. The third-order valence-corrected chi connectivity index (χ3v) is 3.23. The summed E-state index contributed by atoms with van der Waals surface area (Å²) in [7, 11) is 0. The molecule has 0 bridgehead atoms. The molecule has 0 aliphatic carbocycles. The predicted molar refractivity (Wildman–Crippen MR) is 64.8 cm³/mol. The van der Waals surface area contributed by atoms with E-state index in [1.54, 1.807) is 0 Å². The van der Waals surface area contributed by atoms with Gasteiger partial charge in [-0.1, -0.05) is 13.8 Å². The van der Waals surface area contributed by atoms with Crippen LogP contribution in [0.1, 0.15) is 20.3 Å². The fraction of sp³-hybridized carbons (Fsp3) is 1.00. The summed E-state index contributed by atoms with van der Waals surface area (Å²) in [5, 5.41) is 3.40. The Labute approximate surface area is 93.8 Å². The summed E-state index contributed by atoms with van der Waals surface area (Å²) in [5.74, 6) is 0. The van der Waals surface area contributed by atoms with Crippen molar-refractivity contribution in [2.45, 2.75) is 26.4 Å². The first kappa shape index (κ1) is 12.9. The van der Waals surface area contributed by atoms with E-state index in [0.29, 0.717) is 6.17 Å². The molecule has 1 saturated heterocycles. The highest BCUT2D eigenvalue weighted by Crippen LogP contribution is 2.10. The summed E-state index contributed by atoms with van der Waals surface area (Å²) in [6.07, 6.45) is 1.63. The van der Waals surface area contributed by atoms with Gasteiger partial charge in [0.2, 0.25) is 0 Å². The molecule has 4 heteroatoms. The van der Waals surface area contributed by atoms with Crippen LogP contribution in [0.2, 0.25) is 0 Å². The Morgan fingerprint density at radius 3 is 2.33 bits per heavy atom. The summed E-state index contributed by atoms with van der Waals surface area (Å²) in [4.78, 5) is 5.08. The minimum Gasteiger partial charge on any atom is -0.330 e. The van der Waals surface area contributed by atoms with E-state index in [1.807, 2.05) is 0 Å². The quantitative estimate of drug-likeness (QED) is 0.648. The third kappa shape index (κ3) is 3.72. The van der Waals surface area contributed by atoms with Gasteiger partial charge >= 0.3 is 0 Å². The number of rotatable bonds is 6. The van der Waals surface area contributed by atoms with E-state index in [0.717, 1.165) is 52.2 Å². The van der Waals surface area contributed by atoms with Crippen LogP contribution in [0, 0.1) is 0 Å². The maximum atomic E-state index is 5.71. The molecule has 0 radical (unpaired) electrons. The molecule has 0 aromatic carbocycles. The van der Waals surface area contributed by atoms with Crippen LogP contribution in [0.5, 0.6) is 0 Å². The van der Waals surface area contributed by atoms with E-state index >= 15 is 0 Å². The molecule has 15 heavy (non-hydrogen) atoms. The van der Waals surface area contributed by atoms with Crippen LogP contribution < -0.4 is 11.1 Å². The molecule has 1 aliphatic heterocycles. The number of nitrogens with two attached hydrogens (primary N) is 1. The smallest absolute Gasteiger partial charge is 0.0635 e. The summed E-state index contributed by atoms with van der Waals surface area (Å²) in [6.45, 7) is 12.0. The maximum Gasteiger partial charge on any atom is 0.0635 e. The molecule has 90 valence electrons. The average molecular weight is 214 g/mol. The van der Waals surface area contributed by atoms with Gasteiger partial charge in [-0.2, -0.15) is 0 Å². The van der Waals surface area contributed by atoms with Crippen molar-refractivity contribution in [3.63, 3.8) is 0 Å². The van der Waals surface area contributed by atoms with Crippen molar-refractivity contribution < 1.29 is 0 Å².